The molecule has 11 nitrogen and oxygen atoms in total. The fraction of sp³-hybridized carbons (Fsp3) is 0.143. The number of nitrogens with zero attached hydrogens (tertiary/aromatic N) is 4. The van der Waals surface area contributed by atoms with Crippen molar-refractivity contribution in [1.29, 1.82) is 0 Å². The van der Waals surface area contributed by atoms with E-state index in [0.29, 0.717) is 0 Å². The number of aromatic nitrogens is 4. The van der Waals surface area contributed by atoms with Crippen LogP contribution in [0.25, 0.3) is 10.9 Å². The van der Waals surface area contributed by atoms with Crippen LogP contribution in [0.1, 0.15) is 48.6 Å². The summed E-state index contributed by atoms with van der Waals surface area (Å²) in [5, 5.41) is 14.1. The molecule has 0 bridgehead atoms. The van der Waals surface area contributed by atoms with E-state index in [4.69, 9.17) is 26.9 Å². The first-order valence-electron chi connectivity index (χ1n) is 9.99. The van der Waals surface area contributed by atoms with E-state index in [1.807, 2.05) is 0 Å². The van der Waals surface area contributed by atoms with Crippen LogP contribution in [0.15, 0.2) is 28.9 Å². The molecule has 3 aromatic heterocycles. The fourth-order valence-corrected chi connectivity index (χ4v) is 3.54. The number of rotatable bonds is 6. The van der Waals surface area contributed by atoms with Gasteiger partial charge in [-0.25, -0.2) is 19.2 Å². The molecule has 37 heavy (non-hydrogen) atoms. The number of oxazole rings is 1. The Balaban J connectivity index is 1.79. The molecular weight excluding hydrogens is 528 g/mol. The molecular formula is C21H13ClF4N6O5. The zero-order valence-electron chi connectivity index (χ0n) is 18.4. The van der Waals surface area contributed by atoms with Gasteiger partial charge in [0, 0.05) is 11.5 Å². The van der Waals surface area contributed by atoms with Crippen molar-refractivity contribution < 1.29 is 41.5 Å². The van der Waals surface area contributed by atoms with Crippen LogP contribution in [0.3, 0.4) is 0 Å². The van der Waals surface area contributed by atoms with Crippen molar-refractivity contribution in [3.05, 3.63) is 69.5 Å². The molecule has 0 aliphatic heterocycles. The second-order valence-electron chi connectivity index (χ2n) is 7.55. The molecule has 0 aliphatic rings. The largest absolute Gasteiger partial charge is 0.476 e. The molecule has 0 saturated carbocycles. The topological polar surface area (TPSA) is 166 Å². The maximum absolute atomic E-state index is 14.0. The third-order valence-corrected chi connectivity index (χ3v) is 5.41. The van der Waals surface area contributed by atoms with Crippen LogP contribution >= 0.6 is 11.6 Å². The van der Waals surface area contributed by atoms with E-state index in [1.54, 1.807) is 0 Å². The number of carboxylic acids is 1. The molecule has 2 amide bonds. The van der Waals surface area contributed by atoms with Gasteiger partial charge in [-0.15, -0.1) is 0 Å². The molecule has 4 rings (SSSR count). The number of carbonyl (C=O) groups excluding carboxylic acids is 2. The van der Waals surface area contributed by atoms with Crippen molar-refractivity contribution in [3.63, 3.8) is 0 Å². The summed E-state index contributed by atoms with van der Waals surface area (Å²) in [6.07, 6.45) is -4.21. The maximum Gasteiger partial charge on any atom is 0.437 e. The summed E-state index contributed by atoms with van der Waals surface area (Å²) in [6.45, 7) is 0.724. The Kier molecular flexibility index (Phi) is 6.33. The summed E-state index contributed by atoms with van der Waals surface area (Å²) in [6, 6.07) is 2.80. The number of carbonyl (C=O) groups is 3. The first-order valence-corrected chi connectivity index (χ1v) is 10.4. The van der Waals surface area contributed by atoms with Crippen molar-refractivity contribution >= 4 is 46.0 Å². The molecule has 0 unspecified atom stereocenters. The van der Waals surface area contributed by atoms with Crippen LogP contribution in [-0.2, 0) is 12.7 Å². The van der Waals surface area contributed by atoms with Gasteiger partial charge in [-0.3, -0.25) is 14.3 Å². The number of alkyl halides is 3. The van der Waals surface area contributed by atoms with Gasteiger partial charge in [0.25, 0.3) is 11.8 Å². The number of fused-ring (bicyclic) bond motifs is 1. The Hall–Kier alpha value is -4.53. The molecule has 0 atom stereocenters. The van der Waals surface area contributed by atoms with Gasteiger partial charge in [0.15, 0.2) is 11.4 Å². The number of carboxylic acid groups (broad SMARTS) is 1. The van der Waals surface area contributed by atoms with Crippen molar-refractivity contribution in [2.45, 2.75) is 19.6 Å². The number of benzene rings is 1. The third kappa shape index (κ3) is 4.93. The van der Waals surface area contributed by atoms with Gasteiger partial charge in [0.05, 0.1) is 27.5 Å². The highest BCUT2D eigenvalue weighted by Crippen LogP contribution is 2.36. The Bertz CT molecular complexity index is 1600. The normalized spacial score (nSPS) is 11.6. The van der Waals surface area contributed by atoms with Gasteiger partial charge in [0.2, 0.25) is 5.89 Å². The van der Waals surface area contributed by atoms with Gasteiger partial charge in [-0.1, -0.05) is 11.6 Å². The molecule has 0 aliphatic carbocycles. The lowest BCUT2D eigenvalue weighted by molar-refractivity contribution is -0.140. The predicted octanol–water partition coefficient (Wildman–Crippen LogP) is 3.64. The quantitative estimate of drug-likeness (QED) is 0.312. The van der Waals surface area contributed by atoms with Crippen molar-refractivity contribution in [2.75, 3.05) is 5.32 Å². The lowest BCUT2D eigenvalue weighted by Crippen LogP contribution is -2.19. The molecule has 0 saturated heterocycles. The van der Waals surface area contributed by atoms with E-state index < -0.39 is 64.1 Å². The standard InChI is InChI=1S/C21H13ClF4N6O5/c1-7-16(17(21(24,25)26)31-32(7)5-15-29-14(6-37-15)20(35)36)30-19(34)9-3-13(18(27)33)28-12-4-11(23)10(22)2-8(9)12/h2-4,6H,5H2,1H3,(H2,27,33)(H,30,34)(H,35,36). The minimum Gasteiger partial charge on any atom is -0.476 e. The highest BCUT2D eigenvalue weighted by atomic mass is 35.5. The number of pyridine rings is 1. The lowest BCUT2D eigenvalue weighted by Gasteiger charge is -2.12. The van der Waals surface area contributed by atoms with Crippen LogP contribution in [-0.4, -0.2) is 42.6 Å². The molecule has 0 radical (unpaired) electrons. The number of hydrogen-bond acceptors (Lipinski definition) is 7. The first-order chi connectivity index (χ1) is 17.3. The summed E-state index contributed by atoms with van der Waals surface area (Å²) in [5.41, 5.74) is 1.38. The second kappa shape index (κ2) is 9.16. The molecule has 0 spiro atoms. The Morgan fingerprint density at radius 3 is 2.49 bits per heavy atom. The van der Waals surface area contributed by atoms with Crippen LogP contribution in [0.4, 0.5) is 23.2 Å². The van der Waals surface area contributed by atoms with E-state index in [-0.39, 0.29) is 28.1 Å². The van der Waals surface area contributed by atoms with Gasteiger partial charge < -0.3 is 20.6 Å². The van der Waals surface area contributed by atoms with Crippen LogP contribution in [0.5, 0.6) is 0 Å². The zero-order chi connectivity index (χ0) is 27.2. The molecule has 192 valence electrons. The van der Waals surface area contributed by atoms with E-state index in [9.17, 15) is 31.9 Å². The monoisotopic (exact) mass is 540 g/mol. The average molecular weight is 541 g/mol. The van der Waals surface area contributed by atoms with E-state index in [1.165, 1.54) is 6.92 Å². The van der Waals surface area contributed by atoms with E-state index in [0.717, 1.165) is 29.1 Å². The SMILES string of the molecule is Cc1c(NC(=O)c2cc(C(N)=O)nc3cc(F)c(Cl)cc23)c(C(F)(F)F)nn1Cc1nc(C(=O)O)co1. The number of hydrogen-bond donors (Lipinski definition) is 3. The number of amides is 2. The number of aromatic carboxylic acids is 1. The summed E-state index contributed by atoms with van der Waals surface area (Å²) >= 11 is 5.80. The van der Waals surface area contributed by atoms with Gasteiger partial charge in [-0.2, -0.15) is 18.3 Å². The summed E-state index contributed by atoms with van der Waals surface area (Å²) in [5.74, 6) is -4.77. The van der Waals surface area contributed by atoms with Crippen LogP contribution < -0.4 is 11.1 Å². The number of anilines is 1. The molecule has 16 heteroatoms. The molecule has 4 aromatic rings. The van der Waals surface area contributed by atoms with Gasteiger partial charge >= 0.3 is 12.1 Å². The minimum atomic E-state index is -5.02. The molecule has 4 N–H and O–H groups in total. The average Bonchev–Trinajstić information content (AvgIpc) is 3.39. The Morgan fingerprint density at radius 2 is 1.89 bits per heavy atom. The number of halogens is 5. The number of primary amides is 1. The second-order valence-corrected chi connectivity index (χ2v) is 7.96. The highest BCUT2D eigenvalue weighted by molar-refractivity contribution is 6.31. The van der Waals surface area contributed by atoms with Gasteiger partial charge in [0.1, 0.15) is 24.3 Å². The highest BCUT2D eigenvalue weighted by Gasteiger charge is 2.39. The zero-order valence-corrected chi connectivity index (χ0v) is 19.1. The van der Waals surface area contributed by atoms with Crippen molar-refractivity contribution in [1.82, 2.24) is 19.7 Å². The molecule has 0 fully saturated rings. The minimum absolute atomic E-state index is 0.0616. The van der Waals surface area contributed by atoms with E-state index >= 15 is 0 Å². The van der Waals surface area contributed by atoms with Crippen molar-refractivity contribution in [3.8, 4) is 0 Å². The summed E-state index contributed by atoms with van der Waals surface area (Å²) in [4.78, 5) is 43.3. The number of nitrogens with two attached hydrogens (primary N) is 1. The van der Waals surface area contributed by atoms with Crippen molar-refractivity contribution in [2.24, 2.45) is 5.73 Å². The van der Waals surface area contributed by atoms with Gasteiger partial charge in [-0.05, 0) is 19.1 Å². The van der Waals surface area contributed by atoms with Crippen LogP contribution in [0.2, 0.25) is 5.02 Å². The fourth-order valence-electron chi connectivity index (χ4n) is 3.37. The Labute approximate surface area is 207 Å². The third-order valence-electron chi connectivity index (χ3n) is 5.12. The first kappa shape index (κ1) is 25.6. The van der Waals surface area contributed by atoms with E-state index in [2.05, 4.69) is 20.4 Å². The smallest absolute Gasteiger partial charge is 0.437 e. The number of nitrogens with one attached hydrogen (secondary N) is 1. The molecule has 3 heterocycles. The predicted molar refractivity (Wildman–Crippen MR) is 118 cm³/mol. The lowest BCUT2D eigenvalue weighted by atomic mass is 10.1. The Morgan fingerprint density at radius 1 is 1.19 bits per heavy atom. The summed E-state index contributed by atoms with van der Waals surface area (Å²) < 4.78 is 61.1. The maximum atomic E-state index is 14.0. The van der Waals surface area contributed by atoms with Crippen LogP contribution in [0, 0.1) is 12.7 Å². The summed E-state index contributed by atoms with van der Waals surface area (Å²) in [7, 11) is 0. The molecule has 1 aromatic carbocycles.